The van der Waals surface area contributed by atoms with Crippen LogP contribution >= 0.6 is 0 Å². The molecule has 0 aliphatic heterocycles. The van der Waals surface area contributed by atoms with Crippen molar-refractivity contribution in [3.05, 3.63) is 35.6 Å². The molecule has 0 aliphatic rings. The van der Waals surface area contributed by atoms with E-state index in [1.165, 1.54) is 6.07 Å². The molecular weight excluding hydrogens is 229 g/mol. The van der Waals surface area contributed by atoms with E-state index in [0.29, 0.717) is 6.42 Å². The second-order valence-electron chi connectivity index (χ2n) is 4.52. The fraction of sp³-hybridized carbons (Fsp3) is 0.600. The number of benzene rings is 1. The minimum atomic E-state index is -0.133. The third kappa shape index (κ3) is 4.39. The number of rotatable bonds is 8. The fourth-order valence-electron chi connectivity index (χ4n) is 2.27. The summed E-state index contributed by atoms with van der Waals surface area (Å²) in [5.41, 5.74) is 0.751. The first-order valence-corrected chi connectivity index (χ1v) is 6.72. The molecule has 0 saturated heterocycles. The van der Waals surface area contributed by atoms with Crippen LogP contribution in [0.5, 0.6) is 0 Å². The smallest absolute Gasteiger partial charge is 0.126 e. The molecule has 0 radical (unpaired) electrons. The van der Waals surface area contributed by atoms with Crippen LogP contribution in [0.4, 0.5) is 4.39 Å². The van der Waals surface area contributed by atoms with Gasteiger partial charge in [-0.05, 0) is 31.0 Å². The Morgan fingerprint density at radius 2 is 2.00 bits per heavy atom. The Hall–Kier alpha value is -0.930. The number of methoxy groups -OCH3 is 1. The summed E-state index contributed by atoms with van der Waals surface area (Å²) in [5, 5.41) is 3.40. The Bertz CT molecular complexity index is 343. The number of nitrogens with one attached hydrogen (secondary N) is 1. The van der Waals surface area contributed by atoms with Crippen molar-refractivity contribution in [1.82, 2.24) is 5.32 Å². The lowest BCUT2D eigenvalue weighted by molar-refractivity contribution is 0.0611. The Morgan fingerprint density at radius 1 is 1.28 bits per heavy atom. The van der Waals surface area contributed by atoms with Gasteiger partial charge in [-0.25, -0.2) is 4.39 Å². The quantitative estimate of drug-likeness (QED) is 0.768. The monoisotopic (exact) mass is 253 g/mol. The lowest BCUT2D eigenvalue weighted by atomic mass is 9.98. The Kier molecular flexibility index (Phi) is 6.91. The van der Waals surface area contributed by atoms with Crippen LogP contribution < -0.4 is 5.32 Å². The van der Waals surface area contributed by atoms with E-state index in [2.05, 4.69) is 19.2 Å². The molecule has 0 amide bonds. The molecule has 0 bridgehead atoms. The summed E-state index contributed by atoms with van der Waals surface area (Å²) in [4.78, 5) is 0. The summed E-state index contributed by atoms with van der Waals surface area (Å²) in [5.74, 6) is -0.133. The molecule has 2 atom stereocenters. The van der Waals surface area contributed by atoms with Crippen LogP contribution in [-0.4, -0.2) is 25.8 Å². The molecule has 1 N–H and O–H groups in total. The van der Waals surface area contributed by atoms with Gasteiger partial charge in [0.2, 0.25) is 0 Å². The van der Waals surface area contributed by atoms with Gasteiger partial charge < -0.3 is 10.1 Å². The largest absolute Gasteiger partial charge is 0.380 e. The van der Waals surface area contributed by atoms with Gasteiger partial charge in [0.05, 0.1) is 6.10 Å². The van der Waals surface area contributed by atoms with Crippen molar-refractivity contribution < 1.29 is 9.13 Å². The van der Waals surface area contributed by atoms with E-state index in [-0.39, 0.29) is 18.0 Å². The molecule has 2 unspecified atom stereocenters. The van der Waals surface area contributed by atoms with Crippen molar-refractivity contribution in [2.24, 2.45) is 0 Å². The SMILES string of the molecule is CCCC(OC)C(Cc1ccccc1F)NCC. The zero-order chi connectivity index (χ0) is 13.4. The van der Waals surface area contributed by atoms with Crippen LogP contribution in [0.1, 0.15) is 32.3 Å². The van der Waals surface area contributed by atoms with Gasteiger partial charge in [0, 0.05) is 13.2 Å². The highest BCUT2D eigenvalue weighted by atomic mass is 19.1. The maximum Gasteiger partial charge on any atom is 0.126 e. The van der Waals surface area contributed by atoms with Crippen LogP contribution in [0.15, 0.2) is 24.3 Å². The van der Waals surface area contributed by atoms with Gasteiger partial charge >= 0.3 is 0 Å². The van der Waals surface area contributed by atoms with Crippen molar-refractivity contribution in [1.29, 1.82) is 0 Å². The predicted octanol–water partition coefficient (Wildman–Crippen LogP) is 3.16. The minimum Gasteiger partial charge on any atom is -0.380 e. The fourth-order valence-corrected chi connectivity index (χ4v) is 2.27. The second kappa shape index (κ2) is 8.22. The van der Waals surface area contributed by atoms with E-state index in [9.17, 15) is 4.39 Å². The predicted molar refractivity (Wildman–Crippen MR) is 73.3 cm³/mol. The Balaban J connectivity index is 2.75. The third-order valence-corrected chi connectivity index (χ3v) is 3.19. The molecule has 102 valence electrons. The standard InChI is InChI=1S/C15H24FNO/c1-4-8-15(18-3)14(17-5-2)11-12-9-6-7-10-13(12)16/h6-7,9-10,14-15,17H,4-5,8,11H2,1-3H3. The molecule has 0 aliphatic carbocycles. The van der Waals surface area contributed by atoms with Crippen LogP contribution in [-0.2, 0) is 11.2 Å². The summed E-state index contributed by atoms with van der Waals surface area (Å²) in [7, 11) is 1.73. The molecule has 0 aromatic heterocycles. The summed E-state index contributed by atoms with van der Waals surface area (Å²) in [6.45, 7) is 5.06. The molecule has 0 saturated carbocycles. The first-order valence-electron chi connectivity index (χ1n) is 6.72. The lowest BCUT2D eigenvalue weighted by Gasteiger charge is -2.26. The normalized spacial score (nSPS) is 14.4. The van der Waals surface area contributed by atoms with Gasteiger partial charge in [0.25, 0.3) is 0 Å². The highest BCUT2D eigenvalue weighted by molar-refractivity contribution is 5.18. The van der Waals surface area contributed by atoms with Crippen molar-refractivity contribution in [3.63, 3.8) is 0 Å². The Morgan fingerprint density at radius 3 is 2.56 bits per heavy atom. The maximum absolute atomic E-state index is 13.7. The number of hydrogen-bond acceptors (Lipinski definition) is 2. The summed E-state index contributed by atoms with van der Waals surface area (Å²) in [6, 6.07) is 7.12. The van der Waals surface area contributed by atoms with Crippen molar-refractivity contribution in [3.8, 4) is 0 Å². The molecule has 18 heavy (non-hydrogen) atoms. The summed E-state index contributed by atoms with van der Waals surface area (Å²) in [6.07, 6.45) is 2.86. The van der Waals surface area contributed by atoms with Gasteiger partial charge in [-0.1, -0.05) is 38.5 Å². The molecular formula is C15H24FNO. The zero-order valence-corrected chi connectivity index (χ0v) is 11.6. The van der Waals surface area contributed by atoms with Gasteiger partial charge in [-0.15, -0.1) is 0 Å². The minimum absolute atomic E-state index is 0.133. The van der Waals surface area contributed by atoms with Crippen LogP contribution in [0.25, 0.3) is 0 Å². The Labute approximate surface area is 110 Å². The van der Waals surface area contributed by atoms with E-state index in [0.717, 1.165) is 24.9 Å². The molecule has 0 heterocycles. The van der Waals surface area contributed by atoms with Crippen LogP contribution in [0, 0.1) is 5.82 Å². The number of ether oxygens (including phenoxy) is 1. The number of likely N-dealkylation sites (N-methyl/N-ethyl adjacent to an activating group) is 1. The summed E-state index contributed by atoms with van der Waals surface area (Å²) >= 11 is 0. The van der Waals surface area contributed by atoms with Gasteiger partial charge in [0.1, 0.15) is 5.82 Å². The zero-order valence-electron chi connectivity index (χ0n) is 11.6. The average Bonchev–Trinajstić information content (AvgIpc) is 2.38. The molecule has 0 fully saturated rings. The lowest BCUT2D eigenvalue weighted by Crippen LogP contribution is -2.42. The second-order valence-corrected chi connectivity index (χ2v) is 4.52. The van der Waals surface area contributed by atoms with Crippen LogP contribution in [0.2, 0.25) is 0 Å². The summed E-state index contributed by atoms with van der Waals surface area (Å²) < 4.78 is 19.2. The van der Waals surface area contributed by atoms with Crippen LogP contribution in [0.3, 0.4) is 0 Å². The number of hydrogen-bond donors (Lipinski definition) is 1. The average molecular weight is 253 g/mol. The molecule has 2 nitrogen and oxygen atoms in total. The molecule has 0 spiro atoms. The maximum atomic E-state index is 13.7. The molecule has 1 aromatic rings. The van der Waals surface area contributed by atoms with E-state index < -0.39 is 0 Å². The first-order chi connectivity index (χ1) is 8.72. The number of halogens is 1. The topological polar surface area (TPSA) is 21.3 Å². The highest BCUT2D eigenvalue weighted by Crippen LogP contribution is 2.15. The molecule has 1 aromatic carbocycles. The van der Waals surface area contributed by atoms with Crippen molar-refractivity contribution in [2.75, 3.05) is 13.7 Å². The van der Waals surface area contributed by atoms with Gasteiger partial charge in [-0.2, -0.15) is 0 Å². The molecule has 3 heteroatoms. The van der Waals surface area contributed by atoms with E-state index in [1.807, 2.05) is 12.1 Å². The first kappa shape index (κ1) is 15.1. The van der Waals surface area contributed by atoms with E-state index >= 15 is 0 Å². The molecule has 1 rings (SSSR count). The van der Waals surface area contributed by atoms with E-state index in [4.69, 9.17) is 4.74 Å². The van der Waals surface area contributed by atoms with Crippen molar-refractivity contribution >= 4 is 0 Å². The van der Waals surface area contributed by atoms with Gasteiger partial charge in [-0.3, -0.25) is 0 Å². The van der Waals surface area contributed by atoms with Gasteiger partial charge in [0.15, 0.2) is 0 Å². The van der Waals surface area contributed by atoms with E-state index in [1.54, 1.807) is 13.2 Å². The highest BCUT2D eigenvalue weighted by Gasteiger charge is 2.21. The third-order valence-electron chi connectivity index (χ3n) is 3.19. The van der Waals surface area contributed by atoms with Crippen molar-refractivity contribution in [2.45, 2.75) is 45.3 Å².